The molecule has 5 nitrogen and oxygen atoms in total. The summed E-state index contributed by atoms with van der Waals surface area (Å²) >= 11 is 0. The average molecular weight is 327 g/mol. The third-order valence-corrected chi connectivity index (χ3v) is 3.45. The van der Waals surface area contributed by atoms with Crippen molar-refractivity contribution in [2.75, 3.05) is 12.4 Å². The minimum absolute atomic E-state index is 0.117. The maximum atomic E-state index is 11.6. The molecule has 2 aromatic carbocycles. The Bertz CT molecular complexity index is 637. The van der Waals surface area contributed by atoms with Crippen LogP contribution in [0.1, 0.15) is 25.0 Å². The van der Waals surface area contributed by atoms with Gasteiger partial charge in [0, 0.05) is 24.8 Å². The van der Waals surface area contributed by atoms with Gasteiger partial charge in [0.1, 0.15) is 5.75 Å². The van der Waals surface area contributed by atoms with Crippen LogP contribution in [0.5, 0.6) is 5.75 Å². The predicted octanol–water partition coefficient (Wildman–Crippen LogP) is 3.51. The molecule has 128 valence electrons. The first-order chi connectivity index (χ1) is 11.6. The molecule has 3 N–H and O–H groups in total. The highest BCUT2D eigenvalue weighted by Gasteiger charge is 2.03. The van der Waals surface area contributed by atoms with E-state index in [1.807, 2.05) is 62.4 Å². The lowest BCUT2D eigenvalue weighted by molar-refractivity contribution is 0.250. The van der Waals surface area contributed by atoms with E-state index in [0.717, 1.165) is 24.5 Å². The van der Waals surface area contributed by atoms with Crippen LogP contribution in [0.2, 0.25) is 0 Å². The van der Waals surface area contributed by atoms with Crippen molar-refractivity contribution in [3.63, 3.8) is 0 Å². The van der Waals surface area contributed by atoms with Gasteiger partial charge in [0.15, 0.2) is 0 Å². The maximum Gasteiger partial charge on any atom is 0.319 e. The van der Waals surface area contributed by atoms with E-state index in [0.29, 0.717) is 0 Å². The Hall–Kier alpha value is -2.53. The van der Waals surface area contributed by atoms with Gasteiger partial charge in [0.2, 0.25) is 0 Å². The quantitative estimate of drug-likeness (QED) is 0.729. The Labute approximate surface area is 143 Å². The smallest absolute Gasteiger partial charge is 0.319 e. The number of benzene rings is 2. The monoisotopic (exact) mass is 327 g/mol. The molecule has 0 unspecified atom stereocenters. The second-order valence-corrected chi connectivity index (χ2v) is 5.90. The van der Waals surface area contributed by atoms with E-state index in [4.69, 9.17) is 4.74 Å². The van der Waals surface area contributed by atoms with Gasteiger partial charge in [-0.1, -0.05) is 24.3 Å². The van der Waals surface area contributed by atoms with Gasteiger partial charge in [-0.3, -0.25) is 0 Å². The third-order valence-electron chi connectivity index (χ3n) is 3.45. The van der Waals surface area contributed by atoms with Crippen LogP contribution in [0.3, 0.4) is 0 Å². The summed E-state index contributed by atoms with van der Waals surface area (Å²) in [4.78, 5) is 11.6. The summed E-state index contributed by atoms with van der Waals surface area (Å²) in [5, 5.41) is 9.01. The topological polar surface area (TPSA) is 62.4 Å². The predicted molar refractivity (Wildman–Crippen MR) is 97.3 cm³/mol. The first-order valence-electron chi connectivity index (χ1n) is 8.07. The summed E-state index contributed by atoms with van der Waals surface area (Å²) in [6, 6.07) is 15.8. The molecule has 2 aromatic rings. The van der Waals surface area contributed by atoms with Crippen LogP contribution in [-0.4, -0.2) is 19.2 Å². The molecule has 24 heavy (non-hydrogen) atoms. The van der Waals surface area contributed by atoms with E-state index in [1.165, 1.54) is 11.1 Å². The summed E-state index contributed by atoms with van der Waals surface area (Å²) in [7, 11) is 1.66. The molecule has 0 aliphatic heterocycles. The fourth-order valence-corrected chi connectivity index (χ4v) is 2.23. The van der Waals surface area contributed by atoms with Crippen molar-refractivity contribution < 1.29 is 9.53 Å². The molecule has 5 heteroatoms. The van der Waals surface area contributed by atoms with Gasteiger partial charge >= 0.3 is 6.03 Å². The number of amides is 2. The number of hydrogen-bond donors (Lipinski definition) is 3. The highest BCUT2D eigenvalue weighted by Crippen LogP contribution is 2.12. The lowest BCUT2D eigenvalue weighted by atomic mass is 10.2. The molecular weight excluding hydrogens is 302 g/mol. The Morgan fingerprint density at radius 1 is 0.958 bits per heavy atom. The molecule has 0 atom stereocenters. The third kappa shape index (κ3) is 5.93. The van der Waals surface area contributed by atoms with Crippen molar-refractivity contribution in [1.82, 2.24) is 10.6 Å². The van der Waals surface area contributed by atoms with Gasteiger partial charge in [-0.15, -0.1) is 0 Å². The average Bonchev–Trinajstić information content (AvgIpc) is 2.56. The first-order valence-corrected chi connectivity index (χ1v) is 8.07. The number of ether oxygens (including phenoxy) is 1. The Morgan fingerprint density at radius 2 is 1.50 bits per heavy atom. The van der Waals surface area contributed by atoms with Gasteiger partial charge in [0.05, 0.1) is 7.11 Å². The Morgan fingerprint density at radius 3 is 2.00 bits per heavy atom. The molecule has 0 spiro atoms. The Kier molecular flexibility index (Phi) is 6.63. The van der Waals surface area contributed by atoms with Gasteiger partial charge in [0.25, 0.3) is 0 Å². The molecule has 0 radical (unpaired) electrons. The zero-order chi connectivity index (χ0) is 17.4. The van der Waals surface area contributed by atoms with Gasteiger partial charge in [-0.2, -0.15) is 0 Å². The second kappa shape index (κ2) is 8.93. The summed E-state index contributed by atoms with van der Waals surface area (Å²) in [6.07, 6.45) is 0. The van der Waals surface area contributed by atoms with E-state index in [-0.39, 0.29) is 12.1 Å². The maximum absolute atomic E-state index is 11.6. The second-order valence-electron chi connectivity index (χ2n) is 5.90. The van der Waals surface area contributed by atoms with Crippen LogP contribution in [0.15, 0.2) is 48.5 Å². The summed E-state index contributed by atoms with van der Waals surface area (Å²) in [6.45, 7) is 5.42. The number of nitrogens with one attached hydrogen (secondary N) is 3. The highest BCUT2D eigenvalue weighted by atomic mass is 16.5. The molecule has 0 fully saturated rings. The fraction of sp³-hybridized carbons (Fsp3) is 0.316. The zero-order valence-electron chi connectivity index (χ0n) is 14.4. The number of anilines is 1. The van der Waals surface area contributed by atoms with Crippen molar-refractivity contribution in [3.05, 3.63) is 59.7 Å². The molecule has 0 aromatic heterocycles. The van der Waals surface area contributed by atoms with Crippen molar-refractivity contribution >= 4 is 11.7 Å². The minimum atomic E-state index is -0.185. The van der Waals surface area contributed by atoms with E-state index in [2.05, 4.69) is 16.0 Å². The van der Waals surface area contributed by atoms with Crippen LogP contribution in [-0.2, 0) is 13.1 Å². The van der Waals surface area contributed by atoms with Crippen LogP contribution in [0, 0.1) is 0 Å². The lowest BCUT2D eigenvalue weighted by Gasteiger charge is -2.11. The fourth-order valence-electron chi connectivity index (χ4n) is 2.23. The van der Waals surface area contributed by atoms with Crippen molar-refractivity contribution in [3.8, 4) is 5.75 Å². The number of rotatable bonds is 7. The molecule has 2 rings (SSSR count). The number of urea groups is 1. The van der Waals surface area contributed by atoms with Crippen molar-refractivity contribution in [1.29, 1.82) is 0 Å². The standard InChI is InChI=1S/C19H25N3O2/c1-14(2)21-19(23)22-17-8-4-15(5-9-17)12-20-13-16-6-10-18(24-3)11-7-16/h4-11,14,20H,12-13H2,1-3H3,(H2,21,22,23). The molecule has 0 saturated heterocycles. The molecule has 2 amide bonds. The molecule has 0 heterocycles. The molecule has 0 bridgehead atoms. The number of carbonyl (C=O) groups excluding carboxylic acids is 1. The summed E-state index contributed by atoms with van der Waals surface area (Å²) in [5.41, 5.74) is 3.16. The molecule has 0 saturated carbocycles. The SMILES string of the molecule is COc1ccc(CNCc2ccc(NC(=O)NC(C)C)cc2)cc1. The van der Waals surface area contributed by atoms with Crippen LogP contribution in [0.4, 0.5) is 10.5 Å². The van der Waals surface area contributed by atoms with Gasteiger partial charge in [-0.05, 0) is 49.2 Å². The molecule has 0 aliphatic rings. The highest BCUT2D eigenvalue weighted by molar-refractivity contribution is 5.89. The van der Waals surface area contributed by atoms with Crippen LogP contribution in [0.25, 0.3) is 0 Å². The minimum Gasteiger partial charge on any atom is -0.497 e. The number of carbonyl (C=O) groups is 1. The lowest BCUT2D eigenvalue weighted by Crippen LogP contribution is -2.34. The van der Waals surface area contributed by atoms with Gasteiger partial charge < -0.3 is 20.7 Å². The van der Waals surface area contributed by atoms with E-state index < -0.39 is 0 Å². The summed E-state index contributed by atoms with van der Waals surface area (Å²) < 4.78 is 5.15. The van der Waals surface area contributed by atoms with E-state index in [9.17, 15) is 4.79 Å². The summed E-state index contributed by atoms with van der Waals surface area (Å²) in [5.74, 6) is 0.864. The number of methoxy groups -OCH3 is 1. The molecule has 0 aliphatic carbocycles. The van der Waals surface area contributed by atoms with E-state index in [1.54, 1.807) is 7.11 Å². The largest absolute Gasteiger partial charge is 0.497 e. The van der Waals surface area contributed by atoms with Crippen LogP contribution >= 0.6 is 0 Å². The van der Waals surface area contributed by atoms with Gasteiger partial charge in [-0.25, -0.2) is 4.79 Å². The van der Waals surface area contributed by atoms with E-state index >= 15 is 0 Å². The molecular formula is C19H25N3O2. The Balaban J connectivity index is 1.77. The normalized spacial score (nSPS) is 10.5. The zero-order valence-corrected chi connectivity index (χ0v) is 14.4. The first kappa shape index (κ1) is 17.8. The number of hydrogen-bond acceptors (Lipinski definition) is 3. The van der Waals surface area contributed by atoms with Crippen molar-refractivity contribution in [2.24, 2.45) is 0 Å². The van der Waals surface area contributed by atoms with Crippen LogP contribution < -0.4 is 20.7 Å². The van der Waals surface area contributed by atoms with Crippen molar-refractivity contribution in [2.45, 2.75) is 33.0 Å².